The average molecular weight is 305 g/mol. The molecule has 0 aliphatic carbocycles. The highest BCUT2D eigenvalue weighted by atomic mass is 16.5. The van der Waals surface area contributed by atoms with Crippen molar-refractivity contribution in [2.75, 3.05) is 26.3 Å². The van der Waals surface area contributed by atoms with Crippen LogP contribution in [0.5, 0.6) is 0 Å². The van der Waals surface area contributed by atoms with Gasteiger partial charge in [-0.3, -0.25) is 4.79 Å². The van der Waals surface area contributed by atoms with Crippen LogP contribution in [0.3, 0.4) is 0 Å². The first-order chi connectivity index (χ1) is 10.5. The maximum Gasteiger partial charge on any atom is 0.248 e. The molecule has 1 amide bonds. The van der Waals surface area contributed by atoms with Gasteiger partial charge in [-0.05, 0) is 12.0 Å². The van der Waals surface area contributed by atoms with Gasteiger partial charge < -0.3 is 19.5 Å². The predicted octanol–water partition coefficient (Wildman–Crippen LogP) is 1.35. The Bertz CT molecular complexity index is 527. The topological polar surface area (TPSA) is 59.0 Å². The number of nitrogens with zero attached hydrogens (tertiary/aromatic N) is 1. The van der Waals surface area contributed by atoms with Crippen LogP contribution < -0.4 is 0 Å². The van der Waals surface area contributed by atoms with Crippen LogP contribution in [-0.4, -0.2) is 53.4 Å². The van der Waals surface area contributed by atoms with Gasteiger partial charge in [0.15, 0.2) is 0 Å². The molecule has 5 nitrogen and oxygen atoms in total. The van der Waals surface area contributed by atoms with Crippen molar-refractivity contribution in [2.24, 2.45) is 0 Å². The number of carbonyl (C=O) groups is 1. The van der Waals surface area contributed by atoms with Crippen LogP contribution in [0.15, 0.2) is 30.3 Å². The van der Waals surface area contributed by atoms with Gasteiger partial charge in [0, 0.05) is 6.42 Å². The quantitative estimate of drug-likeness (QED) is 0.892. The Morgan fingerprint density at radius 1 is 1.36 bits per heavy atom. The van der Waals surface area contributed by atoms with Gasteiger partial charge in [0.05, 0.1) is 31.9 Å². The molecule has 2 fully saturated rings. The second kappa shape index (κ2) is 5.99. The highest BCUT2D eigenvalue weighted by Crippen LogP contribution is 2.41. The summed E-state index contributed by atoms with van der Waals surface area (Å²) >= 11 is 0. The van der Waals surface area contributed by atoms with E-state index in [1.807, 2.05) is 37.3 Å². The zero-order valence-electron chi connectivity index (χ0n) is 13.0. The molecule has 2 heterocycles. The van der Waals surface area contributed by atoms with E-state index in [4.69, 9.17) is 9.47 Å². The largest absolute Gasteiger partial charge is 0.387 e. The molecule has 1 N–H and O–H groups in total. The number of ether oxygens (including phenoxy) is 2. The lowest BCUT2D eigenvalue weighted by atomic mass is 9.84. The van der Waals surface area contributed by atoms with Gasteiger partial charge in [0.2, 0.25) is 5.91 Å². The van der Waals surface area contributed by atoms with E-state index in [1.54, 1.807) is 4.90 Å². The molecule has 1 atom stereocenters. The van der Waals surface area contributed by atoms with Gasteiger partial charge in [-0.15, -0.1) is 0 Å². The van der Waals surface area contributed by atoms with Crippen molar-refractivity contribution in [3.8, 4) is 0 Å². The molecule has 1 spiro atoms. The van der Waals surface area contributed by atoms with Crippen LogP contribution in [0.1, 0.15) is 25.3 Å². The molecule has 22 heavy (non-hydrogen) atoms. The molecule has 1 unspecified atom stereocenters. The highest BCUT2D eigenvalue weighted by molar-refractivity contribution is 5.78. The number of hydrogen-bond donors (Lipinski definition) is 1. The van der Waals surface area contributed by atoms with Crippen LogP contribution >= 0.6 is 0 Å². The van der Waals surface area contributed by atoms with Crippen LogP contribution in [0.25, 0.3) is 0 Å². The van der Waals surface area contributed by atoms with Gasteiger partial charge >= 0.3 is 0 Å². The van der Waals surface area contributed by atoms with E-state index in [1.165, 1.54) is 0 Å². The summed E-state index contributed by atoms with van der Waals surface area (Å²) in [7, 11) is 0. The third kappa shape index (κ3) is 3.16. The molecule has 2 aliphatic rings. The standard InChI is InChI=1S/C17H23NO4/c1-2-16(20)10-17(22-13-16)11-18(12-17)15(19)9-21-8-14-6-4-3-5-7-14/h3-7,20H,2,8-13H2,1H3. The molecule has 0 aromatic heterocycles. The Hall–Kier alpha value is -1.43. The van der Waals surface area contributed by atoms with Crippen molar-refractivity contribution in [2.45, 2.75) is 37.6 Å². The molecular formula is C17H23NO4. The number of aliphatic hydroxyl groups is 1. The lowest BCUT2D eigenvalue weighted by Gasteiger charge is -2.47. The summed E-state index contributed by atoms with van der Waals surface area (Å²) in [6.07, 6.45) is 1.30. The van der Waals surface area contributed by atoms with E-state index < -0.39 is 5.60 Å². The van der Waals surface area contributed by atoms with Crippen LogP contribution in [0, 0.1) is 0 Å². The summed E-state index contributed by atoms with van der Waals surface area (Å²) in [5.41, 5.74) is 0.00114. The van der Waals surface area contributed by atoms with Gasteiger partial charge in [0.1, 0.15) is 12.2 Å². The van der Waals surface area contributed by atoms with E-state index in [-0.39, 0.29) is 18.1 Å². The third-order valence-electron chi connectivity index (χ3n) is 4.60. The molecule has 3 rings (SSSR count). The summed E-state index contributed by atoms with van der Waals surface area (Å²) in [6.45, 7) is 3.98. The Morgan fingerprint density at radius 2 is 2.09 bits per heavy atom. The maximum atomic E-state index is 12.1. The normalized spacial score (nSPS) is 26.2. The van der Waals surface area contributed by atoms with E-state index >= 15 is 0 Å². The van der Waals surface area contributed by atoms with Gasteiger partial charge in [-0.2, -0.15) is 0 Å². The Balaban J connectivity index is 1.41. The van der Waals surface area contributed by atoms with E-state index in [9.17, 15) is 9.90 Å². The molecule has 2 saturated heterocycles. The third-order valence-corrected chi connectivity index (χ3v) is 4.60. The van der Waals surface area contributed by atoms with Gasteiger partial charge in [0.25, 0.3) is 0 Å². The minimum absolute atomic E-state index is 0.0166. The maximum absolute atomic E-state index is 12.1. The van der Waals surface area contributed by atoms with Gasteiger partial charge in [-0.25, -0.2) is 0 Å². The number of amides is 1. The fourth-order valence-corrected chi connectivity index (χ4v) is 3.17. The number of carbonyl (C=O) groups excluding carboxylic acids is 1. The fourth-order valence-electron chi connectivity index (χ4n) is 3.17. The number of likely N-dealkylation sites (tertiary alicyclic amines) is 1. The molecule has 1 aromatic rings. The summed E-state index contributed by atoms with van der Waals surface area (Å²) in [5.74, 6) is -0.0166. The number of rotatable bonds is 5. The Labute approximate surface area is 130 Å². The zero-order valence-corrected chi connectivity index (χ0v) is 13.0. The van der Waals surface area contributed by atoms with Crippen LogP contribution in [0.2, 0.25) is 0 Å². The predicted molar refractivity (Wildman–Crippen MR) is 81.2 cm³/mol. The minimum atomic E-state index is -0.723. The lowest BCUT2D eigenvalue weighted by molar-refractivity contribution is -0.162. The minimum Gasteiger partial charge on any atom is -0.387 e. The first kappa shape index (κ1) is 15.5. The van der Waals surface area contributed by atoms with Crippen LogP contribution in [-0.2, 0) is 20.9 Å². The Kier molecular flexibility index (Phi) is 4.21. The first-order valence-electron chi connectivity index (χ1n) is 7.80. The lowest BCUT2D eigenvalue weighted by Crippen LogP contribution is -2.64. The second-order valence-electron chi connectivity index (χ2n) is 6.45. The highest BCUT2D eigenvalue weighted by Gasteiger charge is 2.55. The van der Waals surface area contributed by atoms with Crippen molar-refractivity contribution >= 4 is 5.91 Å². The molecule has 120 valence electrons. The fraction of sp³-hybridized carbons (Fsp3) is 0.588. The number of hydrogen-bond acceptors (Lipinski definition) is 4. The molecule has 0 bridgehead atoms. The van der Waals surface area contributed by atoms with Crippen molar-refractivity contribution in [1.29, 1.82) is 0 Å². The summed E-state index contributed by atoms with van der Waals surface area (Å²) in [6, 6.07) is 9.80. The summed E-state index contributed by atoms with van der Waals surface area (Å²) in [5, 5.41) is 10.2. The monoisotopic (exact) mass is 305 g/mol. The zero-order chi connectivity index (χ0) is 15.6. The number of benzene rings is 1. The van der Waals surface area contributed by atoms with E-state index in [2.05, 4.69) is 0 Å². The molecule has 5 heteroatoms. The van der Waals surface area contributed by atoms with Crippen molar-refractivity contribution in [3.63, 3.8) is 0 Å². The summed E-state index contributed by atoms with van der Waals surface area (Å²) in [4.78, 5) is 13.8. The molecule has 0 radical (unpaired) electrons. The van der Waals surface area contributed by atoms with Crippen LogP contribution in [0.4, 0.5) is 0 Å². The second-order valence-corrected chi connectivity index (χ2v) is 6.45. The van der Waals surface area contributed by atoms with E-state index in [0.29, 0.717) is 39.1 Å². The first-order valence-corrected chi connectivity index (χ1v) is 7.80. The molecular weight excluding hydrogens is 282 g/mol. The van der Waals surface area contributed by atoms with Crippen molar-refractivity contribution in [3.05, 3.63) is 35.9 Å². The van der Waals surface area contributed by atoms with Gasteiger partial charge in [-0.1, -0.05) is 37.3 Å². The van der Waals surface area contributed by atoms with E-state index in [0.717, 1.165) is 5.56 Å². The SMILES string of the molecule is CCC1(O)COC2(CN(C(=O)COCc3ccccc3)C2)C1. The Morgan fingerprint density at radius 3 is 2.73 bits per heavy atom. The molecule has 1 aromatic carbocycles. The van der Waals surface area contributed by atoms with Crippen molar-refractivity contribution < 1.29 is 19.4 Å². The van der Waals surface area contributed by atoms with Crippen molar-refractivity contribution in [1.82, 2.24) is 4.90 Å². The molecule has 2 aliphatic heterocycles. The summed E-state index contributed by atoms with van der Waals surface area (Å²) < 4.78 is 11.2. The molecule has 0 saturated carbocycles. The average Bonchev–Trinajstić information content (AvgIpc) is 2.86. The smallest absolute Gasteiger partial charge is 0.248 e.